The average Bonchev–Trinajstić information content (AvgIpc) is 2.47. The molecule has 3 rings (SSSR count). The van der Waals surface area contributed by atoms with Crippen LogP contribution in [0.15, 0.2) is 23.0 Å². The van der Waals surface area contributed by atoms with Gasteiger partial charge in [0.2, 0.25) is 0 Å². The fourth-order valence-corrected chi connectivity index (χ4v) is 2.86. The minimum absolute atomic E-state index is 0.187. The van der Waals surface area contributed by atoms with Crippen molar-refractivity contribution in [3.05, 3.63) is 39.1 Å². The van der Waals surface area contributed by atoms with Gasteiger partial charge in [-0.15, -0.1) is 0 Å². The predicted molar refractivity (Wildman–Crippen MR) is 82.6 cm³/mol. The van der Waals surface area contributed by atoms with E-state index in [0.29, 0.717) is 42.5 Å². The number of nitrogens with one attached hydrogen (secondary N) is 1. The van der Waals surface area contributed by atoms with Gasteiger partial charge in [-0.1, -0.05) is 11.6 Å². The van der Waals surface area contributed by atoms with Crippen LogP contribution in [0.1, 0.15) is 17.3 Å². The molecule has 6 heteroatoms. The van der Waals surface area contributed by atoms with Gasteiger partial charge in [0, 0.05) is 23.5 Å². The van der Waals surface area contributed by atoms with Crippen LogP contribution in [0.4, 0.5) is 5.69 Å². The number of pyridine rings is 1. The maximum Gasteiger partial charge on any atom is 0.261 e. The second kappa shape index (κ2) is 5.50. The highest BCUT2D eigenvalue weighted by Crippen LogP contribution is 2.30. The van der Waals surface area contributed by atoms with Crippen molar-refractivity contribution in [1.82, 2.24) is 4.98 Å². The Bertz CT molecular complexity index is 763. The molecule has 1 aliphatic heterocycles. The Labute approximate surface area is 126 Å². The Kier molecular flexibility index (Phi) is 3.69. The molecule has 0 spiro atoms. The van der Waals surface area contributed by atoms with Crippen LogP contribution >= 0.6 is 11.6 Å². The van der Waals surface area contributed by atoms with Crippen LogP contribution in [0.2, 0.25) is 5.02 Å². The maximum absolute atomic E-state index is 12.3. The van der Waals surface area contributed by atoms with Crippen LogP contribution in [0.5, 0.6) is 0 Å². The van der Waals surface area contributed by atoms with Crippen molar-refractivity contribution in [3.63, 3.8) is 0 Å². The molecule has 0 bridgehead atoms. The molecule has 21 heavy (non-hydrogen) atoms. The number of fused-ring (bicyclic) bond motifs is 1. The number of anilines is 1. The molecule has 0 unspecified atom stereocenters. The van der Waals surface area contributed by atoms with Gasteiger partial charge in [0.15, 0.2) is 5.78 Å². The zero-order valence-electron chi connectivity index (χ0n) is 11.6. The number of hydrogen-bond donors (Lipinski definition) is 1. The lowest BCUT2D eigenvalue weighted by molar-refractivity contribution is 0.101. The summed E-state index contributed by atoms with van der Waals surface area (Å²) in [5.74, 6) is -0.250. The second-order valence-electron chi connectivity index (χ2n) is 5.02. The normalized spacial score (nSPS) is 15.4. The lowest BCUT2D eigenvalue weighted by atomic mass is 10.0. The molecule has 0 amide bonds. The Balaban J connectivity index is 2.34. The topological polar surface area (TPSA) is 62.4 Å². The lowest BCUT2D eigenvalue weighted by Crippen LogP contribution is -2.38. The summed E-state index contributed by atoms with van der Waals surface area (Å²) in [5, 5.41) is 1.35. The highest BCUT2D eigenvalue weighted by molar-refractivity contribution is 6.31. The molecular weight excluding hydrogens is 292 g/mol. The van der Waals surface area contributed by atoms with Crippen molar-refractivity contribution >= 4 is 34.0 Å². The van der Waals surface area contributed by atoms with Crippen molar-refractivity contribution in [2.24, 2.45) is 0 Å². The first-order valence-corrected chi connectivity index (χ1v) is 7.15. The molecule has 0 radical (unpaired) electrons. The summed E-state index contributed by atoms with van der Waals surface area (Å²) in [5.41, 5.74) is 1.16. The first kappa shape index (κ1) is 14.1. The number of carbonyl (C=O) groups excluding carboxylic acids is 1. The van der Waals surface area contributed by atoms with E-state index in [-0.39, 0.29) is 16.9 Å². The van der Waals surface area contributed by atoms with Crippen molar-refractivity contribution in [1.29, 1.82) is 0 Å². The molecule has 5 nitrogen and oxygen atoms in total. The summed E-state index contributed by atoms with van der Waals surface area (Å²) in [4.78, 5) is 29.0. The standard InChI is InChI=1S/C15H15ClN2O3/c1-9(19)13-14(18-4-6-21-7-5-18)11-8-10(16)2-3-12(11)17-15(13)20/h2-3,8H,4-7H2,1H3,(H,17,20). The second-order valence-corrected chi connectivity index (χ2v) is 5.46. The molecular formula is C15H15ClN2O3. The molecule has 1 aromatic carbocycles. The van der Waals surface area contributed by atoms with E-state index in [1.807, 2.05) is 4.90 Å². The maximum atomic E-state index is 12.3. The molecule has 110 valence electrons. The quantitative estimate of drug-likeness (QED) is 0.864. The zero-order valence-corrected chi connectivity index (χ0v) is 12.4. The van der Waals surface area contributed by atoms with E-state index in [0.717, 1.165) is 5.39 Å². The number of aromatic amines is 1. The summed E-state index contributed by atoms with van der Waals surface area (Å²) < 4.78 is 5.35. The van der Waals surface area contributed by atoms with Gasteiger partial charge >= 0.3 is 0 Å². The number of H-pyrrole nitrogens is 1. The van der Waals surface area contributed by atoms with Gasteiger partial charge in [-0.25, -0.2) is 0 Å². The van der Waals surface area contributed by atoms with Gasteiger partial charge in [-0.05, 0) is 25.1 Å². The third kappa shape index (κ3) is 2.54. The van der Waals surface area contributed by atoms with E-state index in [4.69, 9.17) is 16.3 Å². The number of carbonyl (C=O) groups is 1. The molecule has 0 atom stereocenters. The first-order valence-electron chi connectivity index (χ1n) is 6.77. The Morgan fingerprint density at radius 3 is 2.71 bits per heavy atom. The van der Waals surface area contributed by atoms with Crippen molar-refractivity contribution < 1.29 is 9.53 Å². The van der Waals surface area contributed by atoms with Crippen LogP contribution in [-0.2, 0) is 4.74 Å². The average molecular weight is 307 g/mol. The Morgan fingerprint density at radius 2 is 2.05 bits per heavy atom. The molecule has 1 fully saturated rings. The molecule has 2 aromatic rings. The van der Waals surface area contributed by atoms with Crippen LogP contribution in [-0.4, -0.2) is 37.1 Å². The highest BCUT2D eigenvalue weighted by Gasteiger charge is 2.23. The van der Waals surface area contributed by atoms with Gasteiger partial charge < -0.3 is 14.6 Å². The fourth-order valence-electron chi connectivity index (χ4n) is 2.69. The third-order valence-corrected chi connectivity index (χ3v) is 3.86. The van der Waals surface area contributed by atoms with Crippen molar-refractivity contribution in [3.8, 4) is 0 Å². The summed E-state index contributed by atoms with van der Waals surface area (Å²) >= 11 is 6.08. The summed E-state index contributed by atoms with van der Waals surface area (Å²) in [7, 11) is 0. The number of aromatic nitrogens is 1. The lowest BCUT2D eigenvalue weighted by Gasteiger charge is -2.31. The summed E-state index contributed by atoms with van der Waals surface area (Å²) in [6.07, 6.45) is 0. The monoisotopic (exact) mass is 306 g/mol. The van der Waals surface area contributed by atoms with Crippen LogP contribution in [0, 0.1) is 0 Å². The van der Waals surface area contributed by atoms with Gasteiger partial charge in [-0.2, -0.15) is 0 Å². The Morgan fingerprint density at radius 1 is 1.33 bits per heavy atom. The predicted octanol–water partition coefficient (Wildman–Crippen LogP) is 2.22. The number of nitrogens with zero attached hydrogens (tertiary/aromatic N) is 1. The minimum atomic E-state index is -0.362. The van der Waals surface area contributed by atoms with Crippen molar-refractivity contribution in [2.75, 3.05) is 31.2 Å². The van der Waals surface area contributed by atoms with Crippen molar-refractivity contribution in [2.45, 2.75) is 6.92 Å². The minimum Gasteiger partial charge on any atom is -0.378 e. The van der Waals surface area contributed by atoms with Crippen LogP contribution in [0.3, 0.4) is 0 Å². The zero-order chi connectivity index (χ0) is 15.0. The van der Waals surface area contributed by atoms with Gasteiger partial charge in [0.1, 0.15) is 5.56 Å². The van der Waals surface area contributed by atoms with E-state index in [1.54, 1.807) is 18.2 Å². The van der Waals surface area contributed by atoms with Gasteiger partial charge in [0.05, 0.1) is 24.4 Å². The summed E-state index contributed by atoms with van der Waals surface area (Å²) in [6.45, 7) is 3.85. The molecule has 1 aromatic heterocycles. The summed E-state index contributed by atoms with van der Waals surface area (Å²) in [6, 6.07) is 5.26. The first-order chi connectivity index (χ1) is 10.1. The van der Waals surface area contributed by atoms with Gasteiger partial charge in [0.25, 0.3) is 5.56 Å². The molecule has 0 saturated carbocycles. The van der Waals surface area contributed by atoms with E-state index in [9.17, 15) is 9.59 Å². The molecule has 1 aliphatic rings. The molecule has 0 aliphatic carbocycles. The third-order valence-electron chi connectivity index (χ3n) is 3.63. The van der Waals surface area contributed by atoms with E-state index < -0.39 is 0 Å². The van der Waals surface area contributed by atoms with E-state index in [1.165, 1.54) is 6.92 Å². The van der Waals surface area contributed by atoms with E-state index >= 15 is 0 Å². The Hall–Kier alpha value is -1.85. The number of Topliss-reactive ketones (excluding diaryl/α,β-unsaturated/α-hetero) is 1. The molecule has 2 heterocycles. The number of halogens is 1. The number of rotatable bonds is 2. The van der Waals surface area contributed by atoms with Crippen LogP contribution in [0.25, 0.3) is 10.9 Å². The molecule has 1 saturated heterocycles. The van der Waals surface area contributed by atoms with Gasteiger partial charge in [-0.3, -0.25) is 9.59 Å². The highest BCUT2D eigenvalue weighted by atomic mass is 35.5. The number of benzene rings is 1. The SMILES string of the molecule is CC(=O)c1c(N2CCOCC2)c2cc(Cl)ccc2[nH]c1=O. The number of ether oxygens (including phenoxy) is 1. The fraction of sp³-hybridized carbons (Fsp3) is 0.333. The largest absolute Gasteiger partial charge is 0.378 e. The van der Waals surface area contributed by atoms with Crippen LogP contribution < -0.4 is 10.5 Å². The number of morpholine rings is 1. The number of ketones is 1. The number of hydrogen-bond acceptors (Lipinski definition) is 4. The smallest absolute Gasteiger partial charge is 0.261 e. The molecule has 1 N–H and O–H groups in total. The van der Waals surface area contributed by atoms with E-state index in [2.05, 4.69) is 4.98 Å².